The summed E-state index contributed by atoms with van der Waals surface area (Å²) in [5.41, 5.74) is 0. The van der Waals surface area contributed by atoms with Crippen molar-refractivity contribution in [1.29, 1.82) is 0 Å². The van der Waals surface area contributed by atoms with E-state index in [1.54, 1.807) is 0 Å². The van der Waals surface area contributed by atoms with E-state index >= 15 is 0 Å². The van der Waals surface area contributed by atoms with E-state index in [0.29, 0.717) is 39.5 Å². The van der Waals surface area contributed by atoms with Crippen LogP contribution in [-0.4, -0.2) is 114 Å². The molecule has 0 aliphatic heterocycles. The molecular weight excluding hydrogens is 586 g/mol. The van der Waals surface area contributed by atoms with Gasteiger partial charge in [-0.15, -0.1) is 0 Å². The molecule has 0 aromatic heterocycles. The number of hydrogen-bond donors (Lipinski definition) is 2. The van der Waals surface area contributed by atoms with Crippen molar-refractivity contribution >= 4 is 20.2 Å². The molecule has 2 unspecified atom stereocenters. The van der Waals surface area contributed by atoms with E-state index in [4.69, 9.17) is 28.1 Å². The summed E-state index contributed by atoms with van der Waals surface area (Å²) < 4.78 is 85.9. The van der Waals surface area contributed by atoms with Crippen LogP contribution in [0.3, 0.4) is 0 Å². The molecule has 0 radical (unpaired) electrons. The average Bonchev–Trinajstić information content (AvgIpc) is 2.90. The fraction of sp³-hybridized carbons (Fsp3) is 1.00. The average molecular weight is 648 g/mol. The molecular formula is C29H61NO10S2. The van der Waals surface area contributed by atoms with Crippen molar-refractivity contribution in [2.45, 2.75) is 116 Å². The largest absolute Gasteiger partial charge is 0.379 e. The van der Waals surface area contributed by atoms with Gasteiger partial charge >= 0.3 is 0 Å². The third kappa shape index (κ3) is 31.1. The zero-order valence-corrected chi connectivity index (χ0v) is 28.2. The SMILES string of the molecule is CCCCCCCCOCC(CN(C)CC(COCCCCCCCC)OCCCS(=O)(=O)O)OCCCS(=O)(=O)O. The van der Waals surface area contributed by atoms with Crippen molar-refractivity contribution in [3.05, 3.63) is 0 Å². The minimum absolute atomic E-state index is 0.176. The lowest BCUT2D eigenvalue weighted by Gasteiger charge is -2.28. The fourth-order valence-corrected chi connectivity index (χ4v) is 5.42. The zero-order chi connectivity index (χ0) is 31.5. The number of rotatable bonds is 32. The van der Waals surface area contributed by atoms with E-state index in [1.807, 2.05) is 11.9 Å². The number of nitrogens with zero attached hydrogens (tertiary/aromatic N) is 1. The molecule has 0 bridgehead atoms. The molecule has 11 nitrogen and oxygen atoms in total. The normalized spacial score (nSPS) is 14.0. The van der Waals surface area contributed by atoms with Crippen LogP contribution in [0, 0.1) is 0 Å². The van der Waals surface area contributed by atoms with Gasteiger partial charge < -0.3 is 23.8 Å². The van der Waals surface area contributed by atoms with Crippen LogP contribution in [-0.2, 0) is 39.2 Å². The summed E-state index contributed by atoms with van der Waals surface area (Å²) in [5.74, 6) is -0.715. The highest BCUT2D eigenvalue weighted by molar-refractivity contribution is 7.86. The minimum Gasteiger partial charge on any atom is -0.379 e. The first kappa shape index (κ1) is 41.6. The van der Waals surface area contributed by atoms with Crippen LogP contribution in [0.1, 0.15) is 104 Å². The van der Waals surface area contributed by atoms with Crippen molar-refractivity contribution in [3.63, 3.8) is 0 Å². The molecule has 0 amide bonds. The highest BCUT2D eigenvalue weighted by atomic mass is 32.2. The molecule has 42 heavy (non-hydrogen) atoms. The van der Waals surface area contributed by atoms with E-state index in [9.17, 15) is 16.8 Å². The van der Waals surface area contributed by atoms with E-state index in [1.165, 1.54) is 51.4 Å². The van der Waals surface area contributed by atoms with Gasteiger partial charge in [0.05, 0.1) is 36.9 Å². The van der Waals surface area contributed by atoms with Crippen molar-refractivity contribution in [1.82, 2.24) is 4.90 Å². The third-order valence-electron chi connectivity index (χ3n) is 6.72. The first-order valence-electron chi connectivity index (χ1n) is 15.9. The molecule has 0 rings (SSSR count). The summed E-state index contributed by atoms with van der Waals surface area (Å²) in [6.45, 7) is 7.73. The molecule has 0 saturated carbocycles. The Kier molecular flexibility index (Phi) is 26.7. The smallest absolute Gasteiger partial charge is 0.264 e. The van der Waals surface area contributed by atoms with Gasteiger partial charge in [-0.1, -0.05) is 78.1 Å². The Bertz CT molecular complexity index is 745. The fourth-order valence-electron chi connectivity index (χ4n) is 4.46. The van der Waals surface area contributed by atoms with E-state index < -0.39 is 20.2 Å². The standard InChI is InChI=1S/C29H61NO10S2/c1-4-6-8-10-12-14-18-37-26-28(39-20-16-22-41(31,32)33)24-30(3)25-29(40-21-17-23-42(34,35)36)27-38-19-15-13-11-9-7-5-2/h28-29H,4-27H2,1-3H3,(H,31,32,33)(H,34,35,36). The van der Waals surface area contributed by atoms with Gasteiger partial charge in [0.25, 0.3) is 20.2 Å². The second kappa shape index (κ2) is 27.0. The van der Waals surface area contributed by atoms with Crippen molar-refractivity contribution in [2.75, 3.05) is 71.3 Å². The first-order valence-corrected chi connectivity index (χ1v) is 19.2. The van der Waals surface area contributed by atoms with Gasteiger partial charge in [-0.3, -0.25) is 9.11 Å². The lowest BCUT2D eigenvalue weighted by molar-refractivity contribution is -0.0527. The van der Waals surface area contributed by atoms with Crippen LogP contribution in [0.4, 0.5) is 0 Å². The van der Waals surface area contributed by atoms with Crippen molar-refractivity contribution in [3.8, 4) is 0 Å². The Morgan fingerprint density at radius 1 is 0.548 bits per heavy atom. The van der Waals surface area contributed by atoms with E-state index in [-0.39, 0.29) is 49.8 Å². The molecule has 0 aliphatic carbocycles. The molecule has 0 heterocycles. The molecule has 0 aromatic rings. The lowest BCUT2D eigenvalue weighted by Crippen LogP contribution is -2.41. The number of hydrogen-bond acceptors (Lipinski definition) is 9. The van der Waals surface area contributed by atoms with Gasteiger partial charge in [0.15, 0.2) is 0 Å². The zero-order valence-electron chi connectivity index (χ0n) is 26.5. The highest BCUT2D eigenvalue weighted by Gasteiger charge is 2.19. The molecule has 0 aromatic carbocycles. The number of unbranched alkanes of at least 4 members (excludes halogenated alkanes) is 10. The van der Waals surface area contributed by atoms with Gasteiger partial charge in [-0.05, 0) is 32.7 Å². The summed E-state index contributed by atoms with van der Waals surface area (Å²) >= 11 is 0. The predicted octanol–water partition coefficient (Wildman–Crippen LogP) is 5.00. The van der Waals surface area contributed by atoms with E-state index in [2.05, 4.69) is 13.8 Å². The number of ether oxygens (including phenoxy) is 4. The second-order valence-electron chi connectivity index (χ2n) is 11.2. The molecule has 2 N–H and O–H groups in total. The maximum Gasteiger partial charge on any atom is 0.264 e. The van der Waals surface area contributed by atoms with Crippen LogP contribution in [0.5, 0.6) is 0 Å². The molecule has 0 fully saturated rings. The number of likely N-dealkylation sites (N-methyl/N-ethyl adjacent to an activating group) is 1. The topological polar surface area (TPSA) is 149 Å². The molecule has 0 aliphatic rings. The molecule has 13 heteroatoms. The molecule has 254 valence electrons. The van der Waals surface area contributed by atoms with Crippen molar-refractivity contribution < 1.29 is 44.9 Å². The van der Waals surface area contributed by atoms with Crippen LogP contribution < -0.4 is 0 Å². The quantitative estimate of drug-likeness (QED) is 0.0751. The van der Waals surface area contributed by atoms with E-state index in [0.717, 1.165) is 25.7 Å². The summed E-state index contributed by atoms with van der Waals surface area (Å²) in [7, 11) is -6.16. The maximum absolute atomic E-state index is 11.1. The van der Waals surface area contributed by atoms with Gasteiger partial charge in [0, 0.05) is 39.5 Å². The van der Waals surface area contributed by atoms with Crippen molar-refractivity contribution in [2.24, 2.45) is 0 Å². The summed E-state index contributed by atoms with van der Waals surface area (Å²) in [6.07, 6.45) is 13.7. The van der Waals surface area contributed by atoms with Crippen LogP contribution >= 0.6 is 0 Å². The summed E-state index contributed by atoms with van der Waals surface area (Å²) in [5, 5.41) is 0. The van der Waals surface area contributed by atoms with Crippen LogP contribution in [0.15, 0.2) is 0 Å². The predicted molar refractivity (Wildman–Crippen MR) is 167 cm³/mol. The van der Waals surface area contributed by atoms with Crippen LogP contribution in [0.25, 0.3) is 0 Å². The third-order valence-corrected chi connectivity index (χ3v) is 8.33. The Labute approximate surface area is 256 Å². The minimum atomic E-state index is -4.04. The maximum atomic E-state index is 11.1. The first-order chi connectivity index (χ1) is 20.0. The second-order valence-corrected chi connectivity index (χ2v) is 14.3. The van der Waals surface area contributed by atoms with Crippen LogP contribution in [0.2, 0.25) is 0 Å². The Morgan fingerprint density at radius 2 is 0.905 bits per heavy atom. The molecule has 2 atom stereocenters. The molecule has 0 spiro atoms. The van der Waals surface area contributed by atoms with Gasteiger partial charge in [0.2, 0.25) is 0 Å². The van der Waals surface area contributed by atoms with Gasteiger partial charge in [-0.25, -0.2) is 0 Å². The Balaban J connectivity index is 4.81. The highest BCUT2D eigenvalue weighted by Crippen LogP contribution is 2.09. The van der Waals surface area contributed by atoms with Gasteiger partial charge in [0.1, 0.15) is 0 Å². The summed E-state index contributed by atoms with van der Waals surface area (Å²) in [6, 6.07) is 0. The Morgan fingerprint density at radius 3 is 1.26 bits per heavy atom. The monoisotopic (exact) mass is 647 g/mol. The Hall–Kier alpha value is -0.380. The molecule has 0 saturated heterocycles. The lowest BCUT2D eigenvalue weighted by atomic mass is 10.1. The van der Waals surface area contributed by atoms with Gasteiger partial charge in [-0.2, -0.15) is 16.8 Å². The summed E-state index contributed by atoms with van der Waals surface area (Å²) in [4.78, 5) is 2.03.